The van der Waals surface area contributed by atoms with Crippen LogP contribution in [0.5, 0.6) is 5.75 Å². The van der Waals surface area contributed by atoms with E-state index in [1.807, 2.05) is 0 Å². The van der Waals surface area contributed by atoms with Gasteiger partial charge in [0.05, 0.1) is 18.6 Å². The van der Waals surface area contributed by atoms with Crippen molar-refractivity contribution < 1.29 is 27.5 Å². The van der Waals surface area contributed by atoms with Gasteiger partial charge in [-0.15, -0.1) is 0 Å². The Bertz CT molecular complexity index is 1050. The second kappa shape index (κ2) is 9.36. The molecular weight excluding hydrogens is 422 g/mol. The third-order valence-corrected chi connectivity index (χ3v) is 6.24. The van der Waals surface area contributed by atoms with Crippen LogP contribution in [-0.2, 0) is 19.6 Å². The average molecular weight is 448 g/mol. The number of benzene rings is 2. The number of anilines is 2. The average Bonchev–Trinajstić information content (AvgIpc) is 3.18. The van der Waals surface area contributed by atoms with Crippen molar-refractivity contribution in [3.05, 3.63) is 48.5 Å². The molecule has 1 aliphatic rings. The summed E-state index contributed by atoms with van der Waals surface area (Å²) in [6.45, 7) is 4.22. The standard InChI is InChI=1S/C21H25N3O6S/c1-14(2)19(23-31(27,28)18-9-7-17(29-3)8-10-18)20(25)22-15-5-4-6-16(13-15)24-11-12-30-21(24)26/h4-10,13-14,19,23H,11-12H2,1-3H3,(H,22,25)/t19-/m0/s1. The first-order chi connectivity index (χ1) is 14.7. The van der Waals surface area contributed by atoms with Crippen LogP contribution < -0.4 is 19.7 Å². The molecule has 1 fully saturated rings. The molecule has 166 valence electrons. The van der Waals surface area contributed by atoms with Gasteiger partial charge in [0.15, 0.2) is 0 Å². The normalized spacial score (nSPS) is 15.0. The highest BCUT2D eigenvalue weighted by atomic mass is 32.2. The van der Waals surface area contributed by atoms with Gasteiger partial charge in [-0.2, -0.15) is 4.72 Å². The Morgan fingerprint density at radius 2 is 1.87 bits per heavy atom. The predicted molar refractivity (Wildman–Crippen MR) is 116 cm³/mol. The van der Waals surface area contributed by atoms with E-state index in [1.54, 1.807) is 38.1 Å². The van der Waals surface area contributed by atoms with Gasteiger partial charge in [0.2, 0.25) is 15.9 Å². The molecule has 0 aromatic heterocycles. The van der Waals surface area contributed by atoms with Crippen molar-refractivity contribution in [3.8, 4) is 5.75 Å². The molecule has 1 saturated heterocycles. The highest BCUT2D eigenvalue weighted by Crippen LogP contribution is 2.23. The molecule has 0 aliphatic carbocycles. The summed E-state index contributed by atoms with van der Waals surface area (Å²) in [5.74, 6) is -0.295. The Labute approximate surface area is 181 Å². The molecule has 0 radical (unpaired) electrons. The monoisotopic (exact) mass is 447 g/mol. The van der Waals surface area contributed by atoms with E-state index in [0.717, 1.165) is 0 Å². The quantitative estimate of drug-likeness (QED) is 0.643. The summed E-state index contributed by atoms with van der Waals surface area (Å²) in [6, 6.07) is 11.6. The summed E-state index contributed by atoms with van der Waals surface area (Å²) < 4.78 is 38.0. The van der Waals surface area contributed by atoms with Crippen molar-refractivity contribution in [2.45, 2.75) is 24.8 Å². The zero-order valence-corrected chi connectivity index (χ0v) is 18.3. The van der Waals surface area contributed by atoms with Crippen molar-refractivity contribution in [1.82, 2.24) is 4.72 Å². The SMILES string of the molecule is COc1ccc(S(=O)(=O)N[C@H](C(=O)Nc2cccc(N3CCOC3=O)c2)C(C)C)cc1. The van der Waals surface area contributed by atoms with Gasteiger partial charge in [0.25, 0.3) is 0 Å². The van der Waals surface area contributed by atoms with Crippen LogP contribution in [0.1, 0.15) is 13.8 Å². The molecule has 31 heavy (non-hydrogen) atoms. The molecule has 0 saturated carbocycles. The molecule has 0 unspecified atom stereocenters. The lowest BCUT2D eigenvalue weighted by atomic mass is 10.0. The zero-order chi connectivity index (χ0) is 22.6. The summed E-state index contributed by atoms with van der Waals surface area (Å²) in [5, 5.41) is 2.73. The van der Waals surface area contributed by atoms with Crippen molar-refractivity contribution in [3.63, 3.8) is 0 Å². The lowest BCUT2D eigenvalue weighted by molar-refractivity contribution is -0.118. The van der Waals surface area contributed by atoms with Crippen molar-refractivity contribution in [2.24, 2.45) is 5.92 Å². The number of rotatable bonds is 8. The third kappa shape index (κ3) is 5.33. The molecule has 1 atom stereocenters. The minimum atomic E-state index is -3.93. The lowest BCUT2D eigenvalue weighted by Crippen LogP contribution is -2.47. The van der Waals surface area contributed by atoms with E-state index in [9.17, 15) is 18.0 Å². The minimum absolute atomic E-state index is 0.0290. The molecule has 1 heterocycles. The van der Waals surface area contributed by atoms with Crippen LogP contribution in [0.3, 0.4) is 0 Å². The number of methoxy groups -OCH3 is 1. The van der Waals surface area contributed by atoms with Gasteiger partial charge in [-0.3, -0.25) is 9.69 Å². The largest absolute Gasteiger partial charge is 0.497 e. The van der Waals surface area contributed by atoms with E-state index >= 15 is 0 Å². The molecule has 0 spiro atoms. The maximum atomic E-state index is 12.9. The fourth-order valence-corrected chi connectivity index (χ4v) is 4.43. The summed E-state index contributed by atoms with van der Waals surface area (Å²) >= 11 is 0. The van der Waals surface area contributed by atoms with Gasteiger partial charge in [-0.05, 0) is 48.4 Å². The Hall–Kier alpha value is -3.11. The Balaban J connectivity index is 1.75. The van der Waals surface area contributed by atoms with E-state index in [4.69, 9.17) is 9.47 Å². The third-order valence-electron chi connectivity index (χ3n) is 4.79. The molecule has 0 bridgehead atoms. The second-order valence-corrected chi connectivity index (χ2v) is 9.04. The number of hydrogen-bond donors (Lipinski definition) is 2. The Morgan fingerprint density at radius 3 is 2.45 bits per heavy atom. The fourth-order valence-electron chi connectivity index (χ4n) is 3.08. The number of sulfonamides is 1. The van der Waals surface area contributed by atoms with Crippen LogP contribution in [0.2, 0.25) is 0 Å². The maximum Gasteiger partial charge on any atom is 0.414 e. The van der Waals surface area contributed by atoms with Crippen molar-refractivity contribution in [1.29, 1.82) is 0 Å². The summed E-state index contributed by atoms with van der Waals surface area (Å²) in [4.78, 5) is 26.2. The lowest BCUT2D eigenvalue weighted by Gasteiger charge is -2.22. The highest BCUT2D eigenvalue weighted by molar-refractivity contribution is 7.89. The van der Waals surface area contributed by atoms with Crippen LogP contribution >= 0.6 is 0 Å². The second-order valence-electron chi connectivity index (χ2n) is 7.32. The van der Waals surface area contributed by atoms with Crippen LogP contribution in [0.15, 0.2) is 53.4 Å². The number of ether oxygens (including phenoxy) is 2. The van der Waals surface area contributed by atoms with Crippen molar-refractivity contribution in [2.75, 3.05) is 30.5 Å². The van der Waals surface area contributed by atoms with Crippen molar-refractivity contribution >= 4 is 33.4 Å². The van der Waals surface area contributed by atoms with Crippen LogP contribution in [-0.4, -0.2) is 46.7 Å². The number of amides is 2. The van der Waals surface area contributed by atoms with Gasteiger partial charge in [-0.25, -0.2) is 13.2 Å². The van der Waals surface area contributed by atoms with E-state index in [1.165, 1.54) is 36.3 Å². The van der Waals surface area contributed by atoms with Gasteiger partial charge in [-0.1, -0.05) is 19.9 Å². The van der Waals surface area contributed by atoms with E-state index in [0.29, 0.717) is 30.3 Å². The smallest absolute Gasteiger partial charge is 0.414 e. The number of hydrogen-bond acceptors (Lipinski definition) is 6. The van der Waals surface area contributed by atoms with Gasteiger partial charge >= 0.3 is 6.09 Å². The van der Waals surface area contributed by atoms with Crippen LogP contribution in [0.4, 0.5) is 16.2 Å². The predicted octanol–water partition coefficient (Wildman–Crippen LogP) is 2.59. The topological polar surface area (TPSA) is 114 Å². The number of nitrogens with zero attached hydrogens (tertiary/aromatic N) is 1. The molecule has 2 aromatic carbocycles. The summed E-state index contributed by atoms with van der Waals surface area (Å²) in [6.07, 6.45) is -0.448. The van der Waals surface area contributed by atoms with Crippen LogP contribution in [0, 0.1) is 5.92 Å². The first-order valence-corrected chi connectivity index (χ1v) is 11.2. The number of cyclic esters (lactones) is 1. The van der Waals surface area contributed by atoms with Gasteiger partial charge in [0, 0.05) is 11.4 Å². The summed E-state index contributed by atoms with van der Waals surface area (Å²) in [7, 11) is -2.44. The zero-order valence-electron chi connectivity index (χ0n) is 17.5. The highest BCUT2D eigenvalue weighted by Gasteiger charge is 2.29. The molecule has 9 nitrogen and oxygen atoms in total. The molecule has 2 N–H and O–H groups in total. The van der Waals surface area contributed by atoms with E-state index in [2.05, 4.69) is 10.0 Å². The minimum Gasteiger partial charge on any atom is -0.497 e. The Morgan fingerprint density at radius 1 is 1.16 bits per heavy atom. The van der Waals surface area contributed by atoms with Gasteiger partial charge < -0.3 is 14.8 Å². The molecule has 2 amide bonds. The van der Waals surface area contributed by atoms with E-state index < -0.39 is 28.1 Å². The molecule has 10 heteroatoms. The first kappa shape index (κ1) is 22.6. The summed E-state index contributed by atoms with van der Waals surface area (Å²) in [5.41, 5.74) is 1.02. The fraction of sp³-hybridized carbons (Fsp3) is 0.333. The number of carbonyl (C=O) groups is 2. The Kier molecular flexibility index (Phi) is 6.81. The molecule has 2 aromatic rings. The molecule has 1 aliphatic heterocycles. The first-order valence-electron chi connectivity index (χ1n) is 9.73. The molecular formula is C21H25N3O6S. The van der Waals surface area contributed by atoms with Crippen LogP contribution in [0.25, 0.3) is 0 Å². The van der Waals surface area contributed by atoms with Gasteiger partial charge in [0.1, 0.15) is 18.4 Å². The molecule has 3 rings (SSSR count). The number of nitrogens with one attached hydrogen (secondary N) is 2. The maximum absolute atomic E-state index is 12.9. The number of carbonyl (C=O) groups excluding carboxylic acids is 2. The van der Waals surface area contributed by atoms with E-state index in [-0.39, 0.29) is 10.8 Å².